The summed E-state index contributed by atoms with van der Waals surface area (Å²) in [7, 11) is 0. The number of benzene rings is 2. The highest BCUT2D eigenvalue weighted by molar-refractivity contribution is 6.02. The van der Waals surface area contributed by atoms with Crippen molar-refractivity contribution in [1.82, 2.24) is 0 Å². The standard InChI is InChI=1S/C17H12O5/c1-9-11(16(18)19)6-7-12(15(9)17(20)21)14-8-10-4-2-3-5-13(10)22-14/h2-8H,1H3,(H,18,19)(H,20,21). The Morgan fingerprint density at radius 3 is 2.36 bits per heavy atom. The number of carboxylic acid groups (broad SMARTS) is 2. The fraction of sp³-hybridized carbons (Fsp3) is 0.0588. The molecule has 0 unspecified atom stereocenters. The number of fused-ring (bicyclic) bond motifs is 1. The van der Waals surface area contributed by atoms with Crippen LogP contribution in [0.4, 0.5) is 0 Å². The maximum Gasteiger partial charge on any atom is 0.336 e. The van der Waals surface area contributed by atoms with Crippen molar-refractivity contribution in [3.8, 4) is 11.3 Å². The normalized spacial score (nSPS) is 10.8. The Hall–Kier alpha value is -3.08. The van der Waals surface area contributed by atoms with Gasteiger partial charge in [-0.2, -0.15) is 0 Å². The minimum atomic E-state index is -1.18. The number of hydrogen-bond donors (Lipinski definition) is 2. The van der Waals surface area contributed by atoms with Crippen LogP contribution in [0.2, 0.25) is 0 Å². The Morgan fingerprint density at radius 2 is 1.73 bits per heavy atom. The molecule has 0 aliphatic heterocycles. The van der Waals surface area contributed by atoms with Crippen molar-refractivity contribution < 1.29 is 24.2 Å². The van der Waals surface area contributed by atoms with E-state index in [0.29, 0.717) is 16.9 Å². The molecule has 0 atom stereocenters. The van der Waals surface area contributed by atoms with E-state index in [9.17, 15) is 14.7 Å². The van der Waals surface area contributed by atoms with Crippen molar-refractivity contribution in [3.05, 3.63) is 59.2 Å². The summed E-state index contributed by atoms with van der Waals surface area (Å²) in [6.07, 6.45) is 0. The molecule has 0 radical (unpaired) electrons. The smallest absolute Gasteiger partial charge is 0.336 e. The van der Waals surface area contributed by atoms with E-state index in [1.165, 1.54) is 19.1 Å². The minimum absolute atomic E-state index is 0.0303. The molecule has 1 heterocycles. The highest BCUT2D eigenvalue weighted by Crippen LogP contribution is 2.32. The van der Waals surface area contributed by atoms with E-state index < -0.39 is 11.9 Å². The zero-order valence-corrected chi connectivity index (χ0v) is 11.7. The Balaban J connectivity index is 2.28. The molecule has 1 aromatic heterocycles. The summed E-state index contributed by atoms with van der Waals surface area (Å²) in [5, 5.41) is 19.4. The molecule has 3 rings (SSSR count). The average Bonchev–Trinajstić information content (AvgIpc) is 2.89. The number of furan rings is 1. The maximum atomic E-state index is 11.6. The summed E-state index contributed by atoms with van der Waals surface area (Å²) < 4.78 is 5.69. The molecule has 0 fully saturated rings. The van der Waals surface area contributed by atoms with Crippen molar-refractivity contribution in [3.63, 3.8) is 0 Å². The molecule has 5 heteroatoms. The first-order valence-corrected chi connectivity index (χ1v) is 6.58. The zero-order valence-electron chi connectivity index (χ0n) is 11.7. The van der Waals surface area contributed by atoms with Gasteiger partial charge in [-0.3, -0.25) is 0 Å². The van der Waals surface area contributed by atoms with E-state index in [0.717, 1.165) is 5.39 Å². The van der Waals surface area contributed by atoms with E-state index in [2.05, 4.69) is 0 Å². The summed E-state index contributed by atoms with van der Waals surface area (Å²) in [5.41, 5.74) is 1.13. The van der Waals surface area contributed by atoms with Gasteiger partial charge in [0, 0.05) is 10.9 Å². The van der Waals surface area contributed by atoms with Crippen LogP contribution < -0.4 is 0 Å². The second-order valence-electron chi connectivity index (χ2n) is 4.92. The van der Waals surface area contributed by atoms with Gasteiger partial charge in [0.15, 0.2) is 0 Å². The average molecular weight is 296 g/mol. The molecular formula is C17H12O5. The SMILES string of the molecule is Cc1c(C(=O)O)ccc(-c2cc3ccccc3o2)c1C(=O)O. The van der Waals surface area contributed by atoms with Gasteiger partial charge in [0.05, 0.1) is 11.1 Å². The van der Waals surface area contributed by atoms with E-state index in [1.54, 1.807) is 12.1 Å². The Bertz CT molecular complexity index is 872. The van der Waals surface area contributed by atoms with Gasteiger partial charge in [-0.05, 0) is 36.8 Å². The fourth-order valence-electron chi connectivity index (χ4n) is 2.54. The summed E-state index contributed by atoms with van der Waals surface area (Å²) in [5.74, 6) is -1.94. The molecule has 110 valence electrons. The third kappa shape index (κ3) is 2.13. The van der Waals surface area contributed by atoms with Gasteiger partial charge in [-0.15, -0.1) is 0 Å². The quantitative estimate of drug-likeness (QED) is 0.767. The van der Waals surface area contributed by atoms with Crippen LogP contribution >= 0.6 is 0 Å². The molecule has 3 aromatic rings. The van der Waals surface area contributed by atoms with Crippen LogP contribution in [-0.2, 0) is 0 Å². The van der Waals surface area contributed by atoms with Gasteiger partial charge in [-0.25, -0.2) is 9.59 Å². The van der Waals surface area contributed by atoms with E-state index in [4.69, 9.17) is 9.52 Å². The van der Waals surface area contributed by atoms with Crippen molar-refractivity contribution in [2.75, 3.05) is 0 Å². The topological polar surface area (TPSA) is 87.7 Å². The van der Waals surface area contributed by atoms with Gasteiger partial charge in [-0.1, -0.05) is 18.2 Å². The lowest BCUT2D eigenvalue weighted by atomic mass is 9.95. The first-order chi connectivity index (χ1) is 10.5. The molecule has 0 aliphatic carbocycles. The molecular weight excluding hydrogens is 284 g/mol. The van der Waals surface area contributed by atoms with Crippen molar-refractivity contribution in [2.24, 2.45) is 0 Å². The Labute approximate surface area is 125 Å². The third-order valence-electron chi connectivity index (χ3n) is 3.60. The summed E-state index contributed by atoms with van der Waals surface area (Å²) >= 11 is 0. The third-order valence-corrected chi connectivity index (χ3v) is 3.60. The fourth-order valence-corrected chi connectivity index (χ4v) is 2.54. The van der Waals surface area contributed by atoms with Gasteiger partial charge < -0.3 is 14.6 Å². The van der Waals surface area contributed by atoms with Gasteiger partial charge >= 0.3 is 11.9 Å². The largest absolute Gasteiger partial charge is 0.478 e. The highest BCUT2D eigenvalue weighted by atomic mass is 16.4. The first kappa shape index (κ1) is 13.9. The van der Waals surface area contributed by atoms with Crippen molar-refractivity contribution in [1.29, 1.82) is 0 Å². The van der Waals surface area contributed by atoms with E-state index in [-0.39, 0.29) is 16.7 Å². The summed E-state index contributed by atoms with van der Waals surface area (Å²) in [6, 6.07) is 11.9. The number of para-hydroxylation sites is 1. The predicted octanol–water partition coefficient (Wildman–Crippen LogP) is 3.80. The summed E-state index contributed by atoms with van der Waals surface area (Å²) in [4.78, 5) is 22.7. The van der Waals surface area contributed by atoms with Crippen molar-refractivity contribution >= 4 is 22.9 Å². The Morgan fingerprint density at radius 1 is 1.00 bits per heavy atom. The monoisotopic (exact) mass is 296 g/mol. The Kier molecular flexibility index (Phi) is 3.18. The molecule has 0 spiro atoms. The maximum absolute atomic E-state index is 11.6. The van der Waals surface area contributed by atoms with Gasteiger partial charge in [0.1, 0.15) is 11.3 Å². The highest BCUT2D eigenvalue weighted by Gasteiger charge is 2.22. The number of hydrogen-bond acceptors (Lipinski definition) is 3. The number of carbonyl (C=O) groups is 2. The first-order valence-electron chi connectivity index (χ1n) is 6.58. The molecule has 0 bridgehead atoms. The number of aromatic carboxylic acids is 2. The molecule has 22 heavy (non-hydrogen) atoms. The van der Waals surface area contributed by atoms with Gasteiger partial charge in [0.25, 0.3) is 0 Å². The second-order valence-corrected chi connectivity index (χ2v) is 4.92. The molecule has 0 aliphatic rings. The van der Waals surface area contributed by atoms with Crippen LogP contribution in [0.5, 0.6) is 0 Å². The predicted molar refractivity (Wildman–Crippen MR) is 80.3 cm³/mol. The lowest BCUT2D eigenvalue weighted by Gasteiger charge is -2.09. The van der Waals surface area contributed by atoms with Crippen LogP contribution in [0, 0.1) is 6.92 Å². The summed E-state index contributed by atoms with van der Waals surface area (Å²) in [6.45, 7) is 1.49. The van der Waals surface area contributed by atoms with E-state index in [1.807, 2.05) is 18.2 Å². The lowest BCUT2D eigenvalue weighted by Crippen LogP contribution is -2.08. The molecule has 2 aromatic carbocycles. The van der Waals surface area contributed by atoms with Crippen LogP contribution in [0.3, 0.4) is 0 Å². The second kappa shape index (κ2) is 5.04. The van der Waals surface area contributed by atoms with Crippen LogP contribution in [-0.4, -0.2) is 22.2 Å². The molecule has 0 amide bonds. The molecule has 0 saturated heterocycles. The minimum Gasteiger partial charge on any atom is -0.478 e. The molecule has 2 N–H and O–H groups in total. The van der Waals surface area contributed by atoms with Crippen LogP contribution in [0.15, 0.2) is 46.9 Å². The zero-order chi connectivity index (χ0) is 15.9. The molecule has 0 saturated carbocycles. The van der Waals surface area contributed by atoms with Gasteiger partial charge in [0.2, 0.25) is 0 Å². The number of rotatable bonds is 3. The number of carboxylic acids is 2. The van der Waals surface area contributed by atoms with Crippen LogP contribution in [0.1, 0.15) is 26.3 Å². The van der Waals surface area contributed by atoms with Crippen LogP contribution in [0.25, 0.3) is 22.3 Å². The van der Waals surface area contributed by atoms with E-state index >= 15 is 0 Å². The molecule has 5 nitrogen and oxygen atoms in total. The lowest BCUT2D eigenvalue weighted by molar-refractivity contribution is 0.0696. The van der Waals surface area contributed by atoms with Crippen molar-refractivity contribution in [2.45, 2.75) is 6.92 Å².